The van der Waals surface area contributed by atoms with E-state index in [0.29, 0.717) is 11.8 Å². The van der Waals surface area contributed by atoms with Crippen LogP contribution >= 0.6 is 9.24 Å². The Morgan fingerprint density at radius 2 is 1.97 bits per heavy atom. The molecule has 1 aromatic rings. The number of likely N-dealkylation sites (tertiary alicyclic amines) is 1. The normalized spacial score (nSPS) is 38.6. The summed E-state index contributed by atoms with van der Waals surface area (Å²) < 4.78 is 48.0. The summed E-state index contributed by atoms with van der Waals surface area (Å²) in [5.41, 5.74) is 4.34. The van der Waals surface area contributed by atoms with Crippen LogP contribution in [-0.4, -0.2) is 48.5 Å². The monoisotopic (exact) mass is 550 g/mol. The number of carbonyl (C=O) groups is 1. The van der Waals surface area contributed by atoms with Gasteiger partial charge in [0.1, 0.15) is 11.8 Å². The Bertz CT molecular complexity index is 1230. The lowest BCUT2D eigenvalue weighted by Crippen LogP contribution is -2.67. The average molecular weight is 551 g/mol. The fourth-order valence-electron chi connectivity index (χ4n) is 8.22. The van der Waals surface area contributed by atoms with Crippen molar-refractivity contribution in [3.8, 4) is 11.8 Å². The maximum Gasteiger partial charge on any atom is 0.256 e. The molecule has 5 fully saturated rings. The molecule has 3 N–H and O–H groups in total. The number of hydrogen-bond donors (Lipinski definition) is 2. The van der Waals surface area contributed by atoms with Crippen molar-refractivity contribution >= 4 is 25.2 Å². The first-order valence-electron chi connectivity index (χ1n) is 13.0. The highest BCUT2D eigenvalue weighted by molar-refractivity contribution is 7.89. The number of nitriles is 1. The predicted octanol–water partition coefficient (Wildman–Crippen LogP) is 3.43. The van der Waals surface area contributed by atoms with Crippen molar-refractivity contribution in [1.29, 1.82) is 5.26 Å². The van der Waals surface area contributed by atoms with Crippen molar-refractivity contribution in [2.24, 2.45) is 23.0 Å². The highest BCUT2D eigenvalue weighted by Crippen LogP contribution is 2.77. The molecule has 37 heavy (non-hydrogen) atoms. The smallest absolute Gasteiger partial charge is 0.256 e. The molecule has 1 heterocycles. The maximum absolute atomic E-state index is 13.6. The molecule has 8 unspecified atom stereocenters. The summed E-state index contributed by atoms with van der Waals surface area (Å²) in [5, 5.41) is 8.54. The molecular weight excluding hydrogens is 514 g/mol. The number of sulfonamides is 1. The van der Waals surface area contributed by atoms with E-state index in [9.17, 15) is 17.6 Å². The van der Waals surface area contributed by atoms with Crippen LogP contribution < -0.4 is 15.2 Å². The van der Waals surface area contributed by atoms with E-state index in [4.69, 9.17) is 15.7 Å². The lowest BCUT2D eigenvalue weighted by atomic mass is 9.51. The molecule has 6 rings (SSSR count). The minimum Gasteiger partial charge on any atom is -0.455 e. The molecule has 1 aromatic carbocycles. The lowest BCUT2D eigenvalue weighted by Gasteiger charge is -2.58. The average Bonchev–Trinajstić information content (AvgIpc) is 3.37. The van der Waals surface area contributed by atoms with E-state index in [2.05, 4.69) is 10.8 Å². The van der Waals surface area contributed by atoms with Gasteiger partial charge < -0.3 is 15.4 Å². The van der Waals surface area contributed by atoms with Crippen LogP contribution in [0.25, 0.3) is 0 Å². The van der Waals surface area contributed by atoms with Crippen molar-refractivity contribution in [2.45, 2.75) is 92.8 Å². The van der Waals surface area contributed by atoms with E-state index in [1.54, 1.807) is 4.90 Å². The molecule has 5 aliphatic rings. The summed E-state index contributed by atoms with van der Waals surface area (Å²) in [6, 6.07) is 7.87. The van der Waals surface area contributed by atoms with Crippen LogP contribution in [0.15, 0.2) is 29.2 Å². The van der Waals surface area contributed by atoms with E-state index in [1.807, 2.05) is 9.24 Å². The Hall–Kier alpha value is -1.79. The fourth-order valence-corrected chi connectivity index (χ4v) is 9.86. The van der Waals surface area contributed by atoms with Gasteiger partial charge in [-0.3, -0.25) is 4.79 Å². The summed E-state index contributed by atoms with van der Waals surface area (Å²) in [7, 11) is -1.70. The third-order valence-electron chi connectivity index (χ3n) is 9.22. The molecule has 3 bridgehead atoms. The van der Waals surface area contributed by atoms with Crippen LogP contribution in [0.3, 0.4) is 0 Å². The van der Waals surface area contributed by atoms with E-state index in [-0.39, 0.29) is 39.1 Å². The number of nitrogens with zero attached hydrogens (tertiary/aromatic N) is 2. The fraction of sp³-hybridized carbons (Fsp3) is 0.692. The number of alkyl halides is 1. The van der Waals surface area contributed by atoms with Gasteiger partial charge in [0.15, 0.2) is 0 Å². The second-order valence-electron chi connectivity index (χ2n) is 12.0. The number of carbonyl (C=O) groups excluding carboxylic acids is 1. The summed E-state index contributed by atoms with van der Waals surface area (Å²) in [6.45, 7) is 3.54. The van der Waals surface area contributed by atoms with Gasteiger partial charge in [-0.1, -0.05) is 9.24 Å². The summed E-state index contributed by atoms with van der Waals surface area (Å²) in [4.78, 5) is 12.6. The zero-order valence-electron chi connectivity index (χ0n) is 21.4. The second kappa shape index (κ2) is 8.87. The van der Waals surface area contributed by atoms with E-state index >= 15 is 0 Å². The van der Waals surface area contributed by atoms with Crippen molar-refractivity contribution < 1.29 is 22.3 Å². The molecule has 11 heteroatoms. The Morgan fingerprint density at radius 3 is 2.57 bits per heavy atom. The maximum atomic E-state index is 13.6. The van der Waals surface area contributed by atoms with Gasteiger partial charge in [0.2, 0.25) is 15.9 Å². The summed E-state index contributed by atoms with van der Waals surface area (Å²) in [5.74, 6) is 1.38. The van der Waals surface area contributed by atoms with Crippen LogP contribution in [-0.2, 0) is 14.8 Å². The molecule has 8 nitrogen and oxygen atoms in total. The molecular formula is C26H36FN4O4PS. The van der Waals surface area contributed by atoms with Gasteiger partial charge in [-0.15, -0.1) is 0 Å². The zero-order chi connectivity index (χ0) is 26.9. The van der Waals surface area contributed by atoms with Gasteiger partial charge in [-0.25, -0.2) is 13.1 Å². The predicted molar refractivity (Wildman–Crippen MR) is 139 cm³/mol. The second-order valence-corrected chi connectivity index (χ2v) is 14.7. The number of rotatable bonds is 5. The molecule has 202 valence electrons. The first-order chi connectivity index (χ1) is 17.2. The van der Waals surface area contributed by atoms with Gasteiger partial charge in [-0.05, 0) is 92.9 Å². The van der Waals surface area contributed by atoms with E-state index in [0.717, 1.165) is 57.9 Å². The van der Waals surface area contributed by atoms with Crippen molar-refractivity contribution in [3.05, 3.63) is 24.3 Å². The van der Waals surface area contributed by atoms with E-state index < -0.39 is 15.6 Å². The zero-order valence-corrected chi connectivity index (χ0v) is 23.3. The molecule has 1 saturated heterocycles. The van der Waals surface area contributed by atoms with Crippen LogP contribution in [0.4, 0.5) is 4.39 Å². The first kappa shape index (κ1) is 26.8. The van der Waals surface area contributed by atoms with Crippen LogP contribution in [0.5, 0.6) is 5.75 Å². The first-order valence-corrected chi connectivity index (χ1v) is 15.0. The van der Waals surface area contributed by atoms with Crippen molar-refractivity contribution in [2.75, 3.05) is 6.54 Å². The van der Waals surface area contributed by atoms with E-state index in [1.165, 1.54) is 38.1 Å². The Balaban J connectivity index is 0.000000237. The molecule has 4 aliphatic carbocycles. The lowest BCUT2D eigenvalue weighted by molar-refractivity contribution is -0.128. The number of nitrogens with one attached hydrogen (secondary N) is 1. The number of nitrogens with two attached hydrogens (primary N) is 1. The molecule has 8 atom stereocenters. The van der Waals surface area contributed by atoms with Crippen LogP contribution in [0.1, 0.15) is 65.2 Å². The number of benzene rings is 1. The molecule has 0 radical (unpaired) electrons. The summed E-state index contributed by atoms with van der Waals surface area (Å²) >= 11 is 0. The number of halogens is 1. The quantitative estimate of drug-likeness (QED) is 0.541. The molecule has 4 saturated carbocycles. The number of ether oxygens (including phenoxy) is 1. The van der Waals surface area contributed by atoms with Gasteiger partial charge in [0, 0.05) is 31.5 Å². The standard InChI is InChI=1S/C19H26FN2O3PS.C7H10N2O/c1-16(20,26)25-14-2-4-15(5-3-14)27(23,24)22-19-8-12-6-17(21)9-13(10-19)18(19,7-12)11-17;1-6(10)9-4-2-3-7(9)5-8/h2-5,12-13,22H,6-11,21,26H2,1H3;7H,2-4H2,1H3. The highest BCUT2D eigenvalue weighted by Gasteiger charge is 2.77. The number of fused-ring (bicyclic) bond motifs is 2. The van der Waals surface area contributed by atoms with Crippen LogP contribution in [0.2, 0.25) is 0 Å². The minimum atomic E-state index is -3.66. The largest absolute Gasteiger partial charge is 0.455 e. The Kier molecular flexibility index (Phi) is 6.43. The van der Waals surface area contributed by atoms with Crippen molar-refractivity contribution in [1.82, 2.24) is 9.62 Å². The van der Waals surface area contributed by atoms with Gasteiger partial charge in [0.25, 0.3) is 5.60 Å². The van der Waals surface area contributed by atoms with Crippen molar-refractivity contribution in [3.63, 3.8) is 0 Å². The topological polar surface area (TPSA) is 126 Å². The molecule has 1 amide bonds. The number of amides is 1. The third kappa shape index (κ3) is 4.67. The van der Waals surface area contributed by atoms with Crippen LogP contribution in [0, 0.1) is 28.6 Å². The number of hydrogen-bond acceptors (Lipinski definition) is 6. The minimum absolute atomic E-state index is 0.0176. The van der Waals surface area contributed by atoms with Gasteiger partial charge in [-0.2, -0.15) is 9.65 Å². The molecule has 0 aromatic heterocycles. The highest BCUT2D eigenvalue weighted by atomic mass is 32.2. The Labute approximate surface area is 220 Å². The van der Waals surface area contributed by atoms with Gasteiger partial charge >= 0.3 is 0 Å². The molecule has 1 aliphatic heterocycles. The third-order valence-corrected chi connectivity index (χ3v) is 10.9. The SMILES string of the molecule is CC(=O)N1CCCC1C#N.CC(F)(P)Oc1ccc(S(=O)(=O)NC23CC4CC5(N)CC(C2)C3(C4)C5)cc1. The van der Waals surface area contributed by atoms with Gasteiger partial charge in [0.05, 0.1) is 11.0 Å². The molecule has 1 spiro atoms. The Morgan fingerprint density at radius 1 is 1.27 bits per heavy atom. The summed E-state index contributed by atoms with van der Waals surface area (Å²) in [6.07, 6.45) is 7.73.